The predicted octanol–water partition coefficient (Wildman–Crippen LogP) is 1.67. The SMILES string of the molecule is O=C1[C@@H]2[C@H](Cc3ccc(O)cc3)[NH2+][C@]3(C(=O)Nc4ccccc43)[C@@H]2C(=O)N1c1ccc(F)cc1. The van der Waals surface area contributed by atoms with Crippen molar-refractivity contribution in [1.82, 2.24) is 0 Å². The van der Waals surface area contributed by atoms with Gasteiger partial charge in [-0.25, -0.2) is 9.29 Å². The Bertz CT molecular complexity index is 1340. The van der Waals surface area contributed by atoms with Crippen molar-refractivity contribution in [3.8, 4) is 5.75 Å². The number of carbonyl (C=O) groups excluding carboxylic acids is 3. The maximum atomic E-state index is 13.8. The van der Waals surface area contributed by atoms with Crippen LogP contribution in [-0.2, 0) is 26.3 Å². The van der Waals surface area contributed by atoms with Crippen LogP contribution in [0.25, 0.3) is 0 Å². The molecule has 2 saturated heterocycles. The second kappa shape index (κ2) is 7.23. The van der Waals surface area contributed by atoms with Crippen molar-refractivity contribution < 1.29 is 29.2 Å². The smallest absolute Gasteiger partial charge is 0.291 e. The number of hydrogen-bond donors (Lipinski definition) is 3. The lowest BCUT2D eigenvalue weighted by Gasteiger charge is -2.26. The number of phenolic OH excluding ortho intramolecular Hbond substituents is 1. The van der Waals surface area contributed by atoms with Gasteiger partial charge >= 0.3 is 0 Å². The highest BCUT2D eigenvalue weighted by molar-refractivity contribution is 6.25. The van der Waals surface area contributed by atoms with E-state index in [1.165, 1.54) is 24.3 Å². The monoisotopic (exact) mass is 458 g/mol. The summed E-state index contributed by atoms with van der Waals surface area (Å²) in [4.78, 5) is 42.1. The molecule has 0 radical (unpaired) electrons. The first kappa shape index (κ1) is 20.6. The summed E-state index contributed by atoms with van der Waals surface area (Å²) in [6, 6.07) is 18.7. The molecule has 3 heterocycles. The molecule has 3 aliphatic heterocycles. The number of halogens is 1. The molecule has 4 atom stereocenters. The lowest BCUT2D eigenvalue weighted by atomic mass is 9.76. The van der Waals surface area contributed by atoms with Crippen LogP contribution in [0.5, 0.6) is 5.75 Å². The third-order valence-corrected chi connectivity index (χ3v) is 7.27. The highest BCUT2D eigenvalue weighted by Crippen LogP contribution is 2.50. The number of para-hydroxylation sites is 1. The summed E-state index contributed by atoms with van der Waals surface area (Å²) in [7, 11) is 0. The van der Waals surface area contributed by atoms with Crippen molar-refractivity contribution in [2.45, 2.75) is 18.0 Å². The van der Waals surface area contributed by atoms with Gasteiger partial charge < -0.3 is 15.7 Å². The maximum absolute atomic E-state index is 13.8. The Morgan fingerprint density at radius 2 is 1.65 bits per heavy atom. The van der Waals surface area contributed by atoms with Gasteiger partial charge in [0.15, 0.2) is 0 Å². The molecule has 7 nitrogen and oxygen atoms in total. The van der Waals surface area contributed by atoms with Gasteiger partial charge in [-0.2, -0.15) is 0 Å². The van der Waals surface area contributed by atoms with Crippen LogP contribution in [0.2, 0.25) is 0 Å². The van der Waals surface area contributed by atoms with Gasteiger partial charge in [-0.3, -0.25) is 14.4 Å². The fourth-order valence-electron chi connectivity index (χ4n) is 5.86. The number of quaternary nitrogens is 1. The summed E-state index contributed by atoms with van der Waals surface area (Å²) in [6.07, 6.45) is 0.426. The highest BCUT2D eigenvalue weighted by Gasteiger charge is 2.74. The Morgan fingerprint density at radius 3 is 2.38 bits per heavy atom. The molecule has 0 bridgehead atoms. The number of nitrogens with zero attached hydrogens (tertiary/aromatic N) is 1. The van der Waals surface area contributed by atoms with E-state index in [2.05, 4.69) is 5.32 Å². The van der Waals surface area contributed by atoms with Crippen LogP contribution >= 0.6 is 0 Å². The van der Waals surface area contributed by atoms with Crippen molar-refractivity contribution in [1.29, 1.82) is 0 Å². The van der Waals surface area contributed by atoms with Gasteiger partial charge in [-0.05, 0) is 48.0 Å². The van der Waals surface area contributed by atoms with E-state index in [1.807, 2.05) is 23.5 Å². The molecule has 3 aromatic rings. The Labute approximate surface area is 194 Å². The third-order valence-electron chi connectivity index (χ3n) is 7.27. The van der Waals surface area contributed by atoms with Crippen molar-refractivity contribution in [2.75, 3.05) is 10.2 Å². The van der Waals surface area contributed by atoms with E-state index in [-0.39, 0.29) is 17.3 Å². The van der Waals surface area contributed by atoms with Gasteiger partial charge in [0.05, 0.1) is 11.4 Å². The zero-order valence-corrected chi connectivity index (χ0v) is 17.9. The molecule has 0 aliphatic carbocycles. The summed E-state index contributed by atoms with van der Waals surface area (Å²) >= 11 is 0. The summed E-state index contributed by atoms with van der Waals surface area (Å²) in [5, 5.41) is 14.4. The molecule has 170 valence electrons. The first-order valence-corrected chi connectivity index (χ1v) is 11.1. The Kier molecular flexibility index (Phi) is 4.37. The number of imide groups is 1. The number of benzene rings is 3. The molecule has 0 saturated carbocycles. The molecule has 3 aliphatic rings. The number of fused-ring (bicyclic) bond motifs is 4. The van der Waals surface area contributed by atoms with E-state index >= 15 is 0 Å². The summed E-state index contributed by atoms with van der Waals surface area (Å²) in [6.45, 7) is 0. The standard InChI is InChI=1S/C26H20FN3O4/c27-15-7-9-16(10-8-15)30-23(32)21-20(13-14-5-11-17(31)12-6-14)29-26(22(21)24(30)33)18-3-1-2-4-19(18)28-25(26)34/h1-12,20-22,29,31H,13H2,(H,28,34)/p+1/t20-,21+,22-,26-/m0/s1. The molecule has 3 amide bonds. The molecule has 0 aromatic heterocycles. The van der Waals surface area contributed by atoms with Gasteiger partial charge in [0.1, 0.15) is 29.4 Å². The number of nitrogens with two attached hydrogens (primary N) is 1. The summed E-state index contributed by atoms with van der Waals surface area (Å²) in [5.74, 6) is -3.17. The quantitative estimate of drug-likeness (QED) is 0.520. The van der Waals surface area contributed by atoms with Gasteiger partial charge in [0.2, 0.25) is 17.4 Å². The van der Waals surface area contributed by atoms with Crippen molar-refractivity contribution in [3.05, 3.63) is 89.7 Å². The van der Waals surface area contributed by atoms with E-state index in [4.69, 9.17) is 0 Å². The number of aromatic hydroxyl groups is 1. The van der Waals surface area contributed by atoms with E-state index in [1.54, 1.807) is 30.3 Å². The zero-order chi connectivity index (χ0) is 23.6. The fraction of sp³-hybridized carbons (Fsp3) is 0.192. The highest BCUT2D eigenvalue weighted by atomic mass is 19.1. The van der Waals surface area contributed by atoms with E-state index in [9.17, 15) is 23.9 Å². The lowest BCUT2D eigenvalue weighted by Crippen LogP contribution is -2.99. The molecule has 4 N–H and O–H groups in total. The van der Waals surface area contributed by atoms with Crippen LogP contribution in [0.4, 0.5) is 15.8 Å². The van der Waals surface area contributed by atoms with Crippen LogP contribution in [0.15, 0.2) is 72.8 Å². The van der Waals surface area contributed by atoms with Crippen LogP contribution in [-0.4, -0.2) is 28.9 Å². The first-order chi connectivity index (χ1) is 16.4. The van der Waals surface area contributed by atoms with E-state index in [0.29, 0.717) is 17.7 Å². The van der Waals surface area contributed by atoms with Gasteiger partial charge in [0.25, 0.3) is 5.91 Å². The molecular weight excluding hydrogens is 437 g/mol. The molecule has 34 heavy (non-hydrogen) atoms. The zero-order valence-electron chi connectivity index (χ0n) is 17.9. The van der Waals surface area contributed by atoms with Gasteiger partial charge in [-0.15, -0.1) is 0 Å². The van der Waals surface area contributed by atoms with Crippen LogP contribution in [0, 0.1) is 17.7 Å². The molecule has 1 spiro atoms. The number of nitrogens with one attached hydrogen (secondary N) is 1. The maximum Gasteiger partial charge on any atom is 0.291 e. The Morgan fingerprint density at radius 1 is 0.941 bits per heavy atom. The number of rotatable bonds is 3. The topological polar surface area (TPSA) is 103 Å². The average molecular weight is 458 g/mol. The Hall–Kier alpha value is -4.04. The minimum absolute atomic E-state index is 0.132. The van der Waals surface area contributed by atoms with E-state index < -0.39 is 41.0 Å². The first-order valence-electron chi connectivity index (χ1n) is 11.1. The molecule has 3 aromatic carbocycles. The van der Waals surface area contributed by atoms with Crippen LogP contribution in [0.1, 0.15) is 11.1 Å². The molecule has 2 fully saturated rings. The Balaban J connectivity index is 1.48. The van der Waals surface area contributed by atoms with Crippen molar-refractivity contribution in [2.24, 2.45) is 11.8 Å². The number of phenols is 1. The number of amides is 3. The van der Waals surface area contributed by atoms with Crippen LogP contribution in [0.3, 0.4) is 0 Å². The largest absolute Gasteiger partial charge is 0.508 e. The fourth-order valence-corrected chi connectivity index (χ4v) is 5.86. The minimum Gasteiger partial charge on any atom is -0.508 e. The van der Waals surface area contributed by atoms with Crippen molar-refractivity contribution >= 4 is 29.1 Å². The number of carbonyl (C=O) groups is 3. The van der Waals surface area contributed by atoms with Crippen LogP contribution < -0.4 is 15.5 Å². The number of hydrogen-bond acceptors (Lipinski definition) is 4. The second-order valence-corrected chi connectivity index (χ2v) is 9.06. The predicted molar refractivity (Wildman–Crippen MR) is 120 cm³/mol. The number of anilines is 2. The molecule has 8 heteroatoms. The van der Waals surface area contributed by atoms with Gasteiger partial charge in [-0.1, -0.05) is 30.3 Å². The second-order valence-electron chi connectivity index (χ2n) is 9.06. The van der Waals surface area contributed by atoms with Crippen molar-refractivity contribution in [3.63, 3.8) is 0 Å². The molecule has 0 unspecified atom stereocenters. The lowest BCUT2D eigenvalue weighted by molar-refractivity contribution is -0.733. The summed E-state index contributed by atoms with van der Waals surface area (Å²) < 4.78 is 13.5. The third kappa shape index (κ3) is 2.75. The summed E-state index contributed by atoms with van der Waals surface area (Å²) in [5.41, 5.74) is 1.21. The average Bonchev–Trinajstić information content (AvgIpc) is 3.41. The molecule has 6 rings (SSSR count). The minimum atomic E-state index is -1.27. The normalized spacial score (nSPS) is 27.3. The van der Waals surface area contributed by atoms with E-state index in [0.717, 1.165) is 10.5 Å². The van der Waals surface area contributed by atoms with Gasteiger partial charge in [0, 0.05) is 12.0 Å². The molecular formula is C26H21FN3O4+.